The van der Waals surface area contributed by atoms with Crippen LogP contribution in [0.1, 0.15) is 5.56 Å². The Labute approximate surface area is 97.5 Å². The minimum Gasteiger partial charge on any atom is -0.206 e. The molecular weight excluding hydrogens is 230 g/mol. The van der Waals surface area contributed by atoms with Crippen LogP contribution in [0, 0.1) is 18.6 Å². The standard InChI is InChI=1S/C13H9ClF2/c1-8-4-2-6-10(15)12(8)13-9(14)5-3-7-11(13)16/h2-7H,1H3. The number of aryl methyl sites for hydroxylation is 1. The predicted octanol–water partition coefficient (Wildman–Crippen LogP) is 4.59. The second-order valence-corrected chi connectivity index (χ2v) is 3.94. The summed E-state index contributed by atoms with van der Waals surface area (Å²) in [7, 11) is 0. The highest BCUT2D eigenvalue weighted by Gasteiger charge is 2.15. The van der Waals surface area contributed by atoms with Crippen molar-refractivity contribution in [1.29, 1.82) is 0 Å². The smallest absolute Gasteiger partial charge is 0.132 e. The van der Waals surface area contributed by atoms with E-state index >= 15 is 0 Å². The first kappa shape index (κ1) is 11.1. The zero-order chi connectivity index (χ0) is 11.7. The Morgan fingerprint density at radius 1 is 0.875 bits per heavy atom. The lowest BCUT2D eigenvalue weighted by Gasteiger charge is -2.10. The molecule has 0 spiro atoms. The zero-order valence-corrected chi connectivity index (χ0v) is 9.35. The van der Waals surface area contributed by atoms with Crippen LogP contribution < -0.4 is 0 Å². The minimum atomic E-state index is -0.513. The third-order valence-corrected chi connectivity index (χ3v) is 2.75. The van der Waals surface area contributed by atoms with E-state index in [0.717, 1.165) is 0 Å². The third-order valence-electron chi connectivity index (χ3n) is 2.43. The van der Waals surface area contributed by atoms with Crippen LogP contribution in [0.25, 0.3) is 11.1 Å². The molecule has 0 bridgehead atoms. The van der Waals surface area contributed by atoms with Gasteiger partial charge in [-0.25, -0.2) is 8.78 Å². The van der Waals surface area contributed by atoms with Gasteiger partial charge in [0.25, 0.3) is 0 Å². The molecule has 0 heterocycles. The summed E-state index contributed by atoms with van der Waals surface area (Å²) in [5.74, 6) is -0.979. The van der Waals surface area contributed by atoms with Crippen LogP contribution in [0.2, 0.25) is 5.02 Å². The summed E-state index contributed by atoms with van der Waals surface area (Å²) in [5.41, 5.74) is 1.01. The molecule has 0 unspecified atom stereocenters. The van der Waals surface area contributed by atoms with Gasteiger partial charge in [0.1, 0.15) is 11.6 Å². The topological polar surface area (TPSA) is 0 Å². The van der Waals surface area contributed by atoms with Crippen molar-refractivity contribution in [3.63, 3.8) is 0 Å². The van der Waals surface area contributed by atoms with Crippen molar-refractivity contribution >= 4 is 11.6 Å². The van der Waals surface area contributed by atoms with Gasteiger partial charge in [0.2, 0.25) is 0 Å². The first-order valence-electron chi connectivity index (χ1n) is 4.80. The third kappa shape index (κ3) is 1.81. The fourth-order valence-corrected chi connectivity index (χ4v) is 1.94. The Bertz CT molecular complexity index is 445. The molecule has 2 aromatic rings. The van der Waals surface area contributed by atoms with Gasteiger partial charge < -0.3 is 0 Å². The first-order valence-corrected chi connectivity index (χ1v) is 5.18. The lowest BCUT2D eigenvalue weighted by molar-refractivity contribution is 0.615. The van der Waals surface area contributed by atoms with Crippen molar-refractivity contribution in [2.75, 3.05) is 0 Å². The maximum absolute atomic E-state index is 13.7. The molecule has 0 fully saturated rings. The quantitative estimate of drug-likeness (QED) is 0.682. The molecule has 0 saturated carbocycles. The number of benzene rings is 2. The number of rotatable bonds is 1. The van der Waals surface area contributed by atoms with Crippen LogP contribution in [0.15, 0.2) is 36.4 Å². The zero-order valence-electron chi connectivity index (χ0n) is 8.60. The SMILES string of the molecule is Cc1cccc(F)c1-c1c(F)cccc1Cl. The molecule has 2 rings (SSSR count). The van der Waals surface area contributed by atoms with Gasteiger partial charge in [-0.05, 0) is 30.7 Å². The van der Waals surface area contributed by atoms with Gasteiger partial charge in [-0.2, -0.15) is 0 Å². The van der Waals surface area contributed by atoms with Crippen LogP contribution in [0.5, 0.6) is 0 Å². The fraction of sp³-hybridized carbons (Fsp3) is 0.0769. The minimum absolute atomic E-state index is 0.125. The molecule has 0 nitrogen and oxygen atoms in total. The molecule has 0 aliphatic rings. The predicted molar refractivity (Wildman–Crippen MR) is 61.5 cm³/mol. The van der Waals surface area contributed by atoms with E-state index < -0.39 is 11.6 Å². The van der Waals surface area contributed by atoms with Crippen molar-refractivity contribution in [3.8, 4) is 11.1 Å². The van der Waals surface area contributed by atoms with Gasteiger partial charge in [-0.15, -0.1) is 0 Å². The lowest BCUT2D eigenvalue weighted by Crippen LogP contribution is -1.92. The molecule has 2 aromatic carbocycles. The Hall–Kier alpha value is -1.41. The van der Waals surface area contributed by atoms with Gasteiger partial charge in [0.05, 0.1) is 5.02 Å². The average molecular weight is 239 g/mol. The Morgan fingerprint density at radius 3 is 2.00 bits per heavy atom. The number of halogens is 3. The monoisotopic (exact) mass is 238 g/mol. The Morgan fingerprint density at radius 2 is 1.44 bits per heavy atom. The van der Waals surface area contributed by atoms with Gasteiger partial charge in [0.15, 0.2) is 0 Å². The second kappa shape index (κ2) is 4.22. The lowest BCUT2D eigenvalue weighted by atomic mass is 9.99. The molecule has 0 atom stereocenters. The molecule has 0 radical (unpaired) electrons. The molecule has 0 aliphatic carbocycles. The van der Waals surface area contributed by atoms with Crippen molar-refractivity contribution in [2.45, 2.75) is 6.92 Å². The summed E-state index contributed by atoms with van der Waals surface area (Å²) in [6.07, 6.45) is 0. The normalized spacial score (nSPS) is 10.5. The molecule has 0 aromatic heterocycles. The molecule has 3 heteroatoms. The highest BCUT2D eigenvalue weighted by atomic mass is 35.5. The molecule has 0 saturated heterocycles. The van der Waals surface area contributed by atoms with E-state index in [4.69, 9.17) is 11.6 Å². The fourth-order valence-electron chi connectivity index (χ4n) is 1.69. The highest BCUT2D eigenvalue weighted by molar-refractivity contribution is 6.33. The van der Waals surface area contributed by atoms with Crippen molar-refractivity contribution < 1.29 is 8.78 Å². The average Bonchev–Trinajstić information content (AvgIpc) is 2.21. The summed E-state index contributed by atoms with van der Waals surface area (Å²) in [4.78, 5) is 0. The van der Waals surface area contributed by atoms with E-state index in [9.17, 15) is 8.78 Å². The van der Waals surface area contributed by atoms with E-state index in [-0.39, 0.29) is 16.1 Å². The van der Waals surface area contributed by atoms with E-state index in [1.807, 2.05) is 0 Å². The molecule has 16 heavy (non-hydrogen) atoms. The Kier molecular flexibility index (Phi) is 2.92. The Balaban J connectivity index is 2.77. The number of hydrogen-bond donors (Lipinski definition) is 0. The van der Waals surface area contributed by atoms with Gasteiger partial charge in [0, 0.05) is 11.1 Å². The van der Waals surface area contributed by atoms with Crippen molar-refractivity contribution in [1.82, 2.24) is 0 Å². The molecule has 0 aliphatic heterocycles. The molecule has 0 N–H and O–H groups in total. The van der Waals surface area contributed by atoms with Crippen molar-refractivity contribution in [3.05, 3.63) is 58.6 Å². The highest BCUT2D eigenvalue weighted by Crippen LogP contribution is 2.34. The maximum atomic E-state index is 13.7. The van der Waals surface area contributed by atoms with Crippen molar-refractivity contribution in [2.24, 2.45) is 0 Å². The second-order valence-electron chi connectivity index (χ2n) is 3.53. The van der Waals surface area contributed by atoms with Crippen LogP contribution in [-0.2, 0) is 0 Å². The summed E-state index contributed by atoms with van der Waals surface area (Å²) in [6, 6.07) is 8.92. The molecular formula is C13H9ClF2. The maximum Gasteiger partial charge on any atom is 0.132 e. The summed E-state index contributed by atoms with van der Waals surface area (Å²) in [6.45, 7) is 1.72. The van der Waals surface area contributed by atoms with Crippen LogP contribution in [0.3, 0.4) is 0 Å². The van der Waals surface area contributed by atoms with E-state index in [1.54, 1.807) is 25.1 Å². The van der Waals surface area contributed by atoms with Crippen LogP contribution in [0.4, 0.5) is 8.78 Å². The largest absolute Gasteiger partial charge is 0.206 e. The van der Waals surface area contributed by atoms with Crippen LogP contribution in [-0.4, -0.2) is 0 Å². The summed E-state index contributed by atoms with van der Waals surface area (Å²) in [5, 5.41) is 0.216. The summed E-state index contributed by atoms with van der Waals surface area (Å²) < 4.78 is 27.3. The molecule has 82 valence electrons. The van der Waals surface area contributed by atoms with E-state index in [1.165, 1.54) is 18.2 Å². The molecule has 0 amide bonds. The van der Waals surface area contributed by atoms with Gasteiger partial charge >= 0.3 is 0 Å². The van der Waals surface area contributed by atoms with E-state index in [2.05, 4.69) is 0 Å². The first-order chi connectivity index (χ1) is 7.61. The summed E-state index contributed by atoms with van der Waals surface area (Å²) >= 11 is 5.90. The van der Waals surface area contributed by atoms with E-state index in [0.29, 0.717) is 5.56 Å². The number of hydrogen-bond acceptors (Lipinski definition) is 0. The van der Waals surface area contributed by atoms with Gasteiger partial charge in [-0.1, -0.05) is 29.8 Å². The van der Waals surface area contributed by atoms with Crippen LogP contribution >= 0.6 is 11.6 Å². The van der Waals surface area contributed by atoms with Gasteiger partial charge in [-0.3, -0.25) is 0 Å².